The molecule has 5 heteroatoms. The third-order valence-corrected chi connectivity index (χ3v) is 9.88. The molecule has 0 aromatic rings. The zero-order valence-electron chi connectivity index (χ0n) is 19.4. The van der Waals surface area contributed by atoms with Gasteiger partial charge in [-0.05, 0) is 74.2 Å². The number of hydrogen-bond donors (Lipinski definition) is 0. The standard InChI is InChI=1S/C26H39NO4/c1-25-10-7-19(28)17-18(25)3-4-20-21-5-6-23(26(21,2)11-8-22(20)25)31-24(29)9-12-27-13-15-30-16-14-27/h17,20-23H,3-16H2,1-2H3. The molecule has 1 aliphatic heterocycles. The van der Waals surface area contributed by atoms with Gasteiger partial charge in [-0.25, -0.2) is 0 Å². The second-order valence-electron chi connectivity index (χ2n) is 11.3. The van der Waals surface area contributed by atoms with Crippen LogP contribution in [-0.4, -0.2) is 55.6 Å². The van der Waals surface area contributed by atoms with Crippen LogP contribution >= 0.6 is 0 Å². The van der Waals surface area contributed by atoms with E-state index in [1.807, 2.05) is 6.08 Å². The number of hydrogen-bond acceptors (Lipinski definition) is 5. The number of allylic oxidation sites excluding steroid dienone is 1. The van der Waals surface area contributed by atoms with Gasteiger partial charge in [0.05, 0.1) is 19.6 Å². The average Bonchev–Trinajstić information content (AvgIpc) is 3.10. The van der Waals surface area contributed by atoms with Crippen LogP contribution in [0.4, 0.5) is 0 Å². The van der Waals surface area contributed by atoms with Gasteiger partial charge in [-0.3, -0.25) is 14.5 Å². The molecular weight excluding hydrogens is 390 g/mol. The molecule has 6 unspecified atom stereocenters. The Hall–Kier alpha value is -1.20. The predicted molar refractivity (Wildman–Crippen MR) is 118 cm³/mol. The quantitative estimate of drug-likeness (QED) is 0.629. The second-order valence-corrected chi connectivity index (χ2v) is 11.3. The maximum Gasteiger partial charge on any atom is 0.307 e. The topological polar surface area (TPSA) is 55.8 Å². The highest BCUT2D eigenvalue weighted by Gasteiger charge is 2.59. The van der Waals surface area contributed by atoms with Crippen LogP contribution in [0.5, 0.6) is 0 Å². The fraction of sp³-hybridized carbons (Fsp3) is 0.846. The Morgan fingerprint density at radius 3 is 2.71 bits per heavy atom. The Labute approximate surface area is 186 Å². The molecule has 31 heavy (non-hydrogen) atoms. The van der Waals surface area contributed by atoms with E-state index in [9.17, 15) is 9.59 Å². The number of esters is 1. The van der Waals surface area contributed by atoms with Gasteiger partial charge < -0.3 is 9.47 Å². The van der Waals surface area contributed by atoms with E-state index in [0.717, 1.165) is 58.5 Å². The van der Waals surface area contributed by atoms with Crippen molar-refractivity contribution in [2.75, 3.05) is 32.8 Å². The van der Waals surface area contributed by atoms with Crippen LogP contribution in [-0.2, 0) is 19.1 Å². The van der Waals surface area contributed by atoms with Gasteiger partial charge in [0.1, 0.15) is 6.10 Å². The van der Waals surface area contributed by atoms with Crippen molar-refractivity contribution in [2.24, 2.45) is 28.6 Å². The van der Waals surface area contributed by atoms with Crippen molar-refractivity contribution < 1.29 is 19.1 Å². The Balaban J connectivity index is 1.23. The highest BCUT2D eigenvalue weighted by atomic mass is 16.5. The molecule has 0 spiro atoms. The Bertz CT molecular complexity index is 757. The lowest BCUT2D eigenvalue weighted by Crippen LogP contribution is -2.51. The number of morpholine rings is 1. The molecule has 5 aliphatic rings. The highest BCUT2D eigenvalue weighted by Crippen LogP contribution is 2.65. The van der Waals surface area contributed by atoms with Crippen LogP contribution in [0.15, 0.2) is 11.6 Å². The van der Waals surface area contributed by atoms with Crippen LogP contribution in [0, 0.1) is 28.6 Å². The summed E-state index contributed by atoms with van der Waals surface area (Å²) < 4.78 is 11.5. The first-order valence-corrected chi connectivity index (χ1v) is 12.6. The number of ketones is 1. The fourth-order valence-corrected chi connectivity index (χ4v) is 8.00. The normalized spacial score (nSPS) is 42.9. The van der Waals surface area contributed by atoms with E-state index in [-0.39, 0.29) is 22.9 Å². The van der Waals surface area contributed by atoms with Gasteiger partial charge in [-0.1, -0.05) is 19.4 Å². The minimum atomic E-state index is -0.0212. The van der Waals surface area contributed by atoms with E-state index in [2.05, 4.69) is 18.7 Å². The summed E-state index contributed by atoms with van der Waals surface area (Å²) in [7, 11) is 0. The van der Waals surface area contributed by atoms with Crippen LogP contribution in [0.2, 0.25) is 0 Å². The van der Waals surface area contributed by atoms with Crippen molar-refractivity contribution in [3.63, 3.8) is 0 Å². The molecule has 0 aromatic heterocycles. The van der Waals surface area contributed by atoms with Crippen molar-refractivity contribution >= 4 is 11.8 Å². The highest BCUT2D eigenvalue weighted by molar-refractivity contribution is 5.91. The van der Waals surface area contributed by atoms with Crippen LogP contribution in [0.3, 0.4) is 0 Å². The molecule has 0 amide bonds. The lowest BCUT2D eigenvalue weighted by Gasteiger charge is -2.57. The predicted octanol–water partition coefficient (Wildman–Crippen LogP) is 4.15. The Morgan fingerprint density at radius 1 is 1.10 bits per heavy atom. The molecule has 3 saturated carbocycles. The molecule has 6 atom stereocenters. The molecule has 5 rings (SSSR count). The smallest absolute Gasteiger partial charge is 0.307 e. The molecule has 0 aromatic carbocycles. The van der Waals surface area contributed by atoms with Crippen molar-refractivity contribution in [2.45, 2.75) is 77.7 Å². The summed E-state index contributed by atoms with van der Waals surface area (Å²) in [6.45, 7) is 8.99. The summed E-state index contributed by atoms with van der Waals surface area (Å²) in [6.07, 6.45) is 11.2. The summed E-state index contributed by atoms with van der Waals surface area (Å²) in [5.41, 5.74) is 1.76. The largest absolute Gasteiger partial charge is 0.462 e. The SMILES string of the molecule is CC12CCC(=O)C=C1CCC1C2CCC2(C)C(OC(=O)CCN3CCOCC3)CCC12. The van der Waals surface area contributed by atoms with Crippen molar-refractivity contribution in [1.29, 1.82) is 0 Å². The summed E-state index contributed by atoms with van der Waals surface area (Å²) in [6, 6.07) is 0. The van der Waals surface area contributed by atoms with Gasteiger partial charge in [-0.2, -0.15) is 0 Å². The van der Waals surface area contributed by atoms with Gasteiger partial charge in [0, 0.05) is 31.5 Å². The van der Waals surface area contributed by atoms with Crippen molar-refractivity contribution in [3.8, 4) is 0 Å². The van der Waals surface area contributed by atoms with E-state index in [4.69, 9.17) is 9.47 Å². The summed E-state index contributed by atoms with van der Waals surface area (Å²) >= 11 is 0. The minimum Gasteiger partial charge on any atom is -0.462 e. The third-order valence-electron chi connectivity index (χ3n) is 9.88. The molecule has 4 fully saturated rings. The Kier molecular flexibility index (Phi) is 5.79. The van der Waals surface area contributed by atoms with E-state index in [0.29, 0.717) is 36.4 Å². The van der Waals surface area contributed by atoms with E-state index in [1.54, 1.807) is 0 Å². The average molecular weight is 430 g/mol. The first-order chi connectivity index (χ1) is 14.9. The number of carbonyl (C=O) groups is 2. The molecule has 1 saturated heterocycles. The van der Waals surface area contributed by atoms with Crippen molar-refractivity contribution in [3.05, 3.63) is 11.6 Å². The second kappa shape index (κ2) is 8.30. The third kappa shape index (κ3) is 3.80. The van der Waals surface area contributed by atoms with E-state index >= 15 is 0 Å². The van der Waals surface area contributed by atoms with Gasteiger partial charge in [0.15, 0.2) is 5.78 Å². The van der Waals surface area contributed by atoms with Gasteiger partial charge in [0.2, 0.25) is 0 Å². The number of carbonyl (C=O) groups excluding carboxylic acids is 2. The van der Waals surface area contributed by atoms with E-state index in [1.165, 1.54) is 24.8 Å². The van der Waals surface area contributed by atoms with Crippen LogP contribution < -0.4 is 0 Å². The lowest BCUT2D eigenvalue weighted by atomic mass is 9.47. The number of nitrogens with zero attached hydrogens (tertiary/aromatic N) is 1. The molecule has 172 valence electrons. The number of ether oxygens (including phenoxy) is 2. The number of rotatable bonds is 4. The zero-order chi connectivity index (χ0) is 21.6. The summed E-state index contributed by atoms with van der Waals surface area (Å²) in [5, 5.41) is 0. The monoisotopic (exact) mass is 429 g/mol. The molecule has 0 N–H and O–H groups in total. The van der Waals surface area contributed by atoms with Gasteiger partial charge >= 0.3 is 5.97 Å². The first kappa shape index (κ1) is 21.6. The maximum atomic E-state index is 12.7. The van der Waals surface area contributed by atoms with Gasteiger partial charge in [0.25, 0.3) is 0 Å². The molecule has 4 aliphatic carbocycles. The fourth-order valence-electron chi connectivity index (χ4n) is 8.00. The molecule has 1 heterocycles. The molecule has 0 bridgehead atoms. The zero-order valence-corrected chi connectivity index (χ0v) is 19.4. The van der Waals surface area contributed by atoms with Crippen molar-refractivity contribution in [1.82, 2.24) is 4.90 Å². The summed E-state index contributed by atoms with van der Waals surface area (Å²) in [5.74, 6) is 2.36. The summed E-state index contributed by atoms with van der Waals surface area (Å²) in [4.78, 5) is 27.0. The van der Waals surface area contributed by atoms with Crippen LogP contribution in [0.1, 0.15) is 71.6 Å². The maximum absolute atomic E-state index is 12.7. The number of fused-ring (bicyclic) bond motifs is 5. The van der Waals surface area contributed by atoms with Gasteiger partial charge in [-0.15, -0.1) is 0 Å². The first-order valence-electron chi connectivity index (χ1n) is 12.6. The molecule has 5 nitrogen and oxygen atoms in total. The molecular formula is C26H39NO4. The minimum absolute atomic E-state index is 0.0212. The Morgan fingerprint density at radius 2 is 1.90 bits per heavy atom. The van der Waals surface area contributed by atoms with Crippen LogP contribution in [0.25, 0.3) is 0 Å². The van der Waals surface area contributed by atoms with E-state index < -0.39 is 0 Å². The lowest BCUT2D eigenvalue weighted by molar-refractivity contribution is -0.160. The molecule has 0 radical (unpaired) electrons.